The molecule has 0 spiro atoms. The maximum absolute atomic E-state index is 16.3. The summed E-state index contributed by atoms with van der Waals surface area (Å²) in [7, 11) is 0. The van der Waals surface area contributed by atoms with Crippen molar-refractivity contribution in [2.75, 3.05) is 6.61 Å². The second-order valence-electron chi connectivity index (χ2n) is 10.9. The summed E-state index contributed by atoms with van der Waals surface area (Å²) in [6.45, 7) is -0.482. The molecule has 192 valence electrons. The van der Waals surface area contributed by atoms with E-state index in [0.717, 1.165) is 41.5 Å². The van der Waals surface area contributed by atoms with Crippen molar-refractivity contribution in [1.29, 1.82) is 5.26 Å². The van der Waals surface area contributed by atoms with Crippen LogP contribution in [0.15, 0.2) is 48.8 Å². The average Bonchev–Trinajstić information content (AvgIpc) is 3.42. The summed E-state index contributed by atoms with van der Waals surface area (Å²) < 4.78 is 67.5. The number of hydrogen-bond donors (Lipinski definition) is 1. The van der Waals surface area contributed by atoms with E-state index >= 15 is 8.78 Å². The fourth-order valence-electron chi connectivity index (χ4n) is 6.10. The van der Waals surface area contributed by atoms with Crippen LogP contribution >= 0.6 is 0 Å². The molecule has 7 nitrogen and oxygen atoms in total. The Bertz CT molecular complexity index is 1370. The van der Waals surface area contributed by atoms with Gasteiger partial charge in [-0.15, -0.1) is 5.10 Å². The van der Waals surface area contributed by atoms with Crippen molar-refractivity contribution < 1.29 is 27.4 Å². The Labute approximate surface area is 209 Å². The largest absolute Gasteiger partial charge is 0.492 e. The minimum atomic E-state index is -3.77. The first-order chi connectivity index (χ1) is 17.6. The fourth-order valence-corrected chi connectivity index (χ4v) is 6.10. The van der Waals surface area contributed by atoms with Gasteiger partial charge in [-0.1, -0.05) is 12.1 Å². The van der Waals surface area contributed by atoms with Crippen LogP contribution < -0.4 is 4.74 Å². The van der Waals surface area contributed by atoms with E-state index in [0.29, 0.717) is 18.4 Å². The molecular formula is C26H23F4N5O2. The van der Waals surface area contributed by atoms with Crippen molar-refractivity contribution in [3.8, 4) is 11.8 Å². The molecule has 2 aromatic carbocycles. The molecule has 4 aliphatic carbocycles. The summed E-state index contributed by atoms with van der Waals surface area (Å²) in [6.07, 6.45) is 3.00. The molecule has 4 aliphatic rings. The Hall–Kier alpha value is -3.52. The number of benzene rings is 2. The second kappa shape index (κ2) is 7.74. The van der Waals surface area contributed by atoms with Gasteiger partial charge in [-0.2, -0.15) is 5.26 Å². The predicted molar refractivity (Wildman–Crippen MR) is 120 cm³/mol. The standard InChI is InChI=1S/C26H23F4N5O2/c27-18-3-6-20(21(28)9-18)25(36,14-35-16-32-33-34-35)26(29,30)24-10-23(11-24,12-24)17-1-4-19(5-2-17)37-15-22(13-31)7-8-22/h1-6,9,16,36H,7-8,10-12,14-15H2/t23?,24?,25-/m1/s1. The van der Waals surface area contributed by atoms with Gasteiger partial charge >= 0.3 is 0 Å². The highest BCUT2D eigenvalue weighted by Gasteiger charge is 2.82. The maximum atomic E-state index is 16.3. The molecule has 1 N–H and O–H groups in total. The molecule has 11 heteroatoms. The Kier molecular flexibility index (Phi) is 4.99. The van der Waals surface area contributed by atoms with Crippen molar-refractivity contribution in [1.82, 2.24) is 20.2 Å². The Balaban J connectivity index is 1.23. The number of rotatable bonds is 9. The molecule has 4 fully saturated rings. The van der Waals surface area contributed by atoms with Gasteiger partial charge in [0.1, 0.15) is 30.3 Å². The number of alkyl halides is 2. The summed E-state index contributed by atoms with van der Waals surface area (Å²) >= 11 is 0. The molecule has 1 atom stereocenters. The van der Waals surface area contributed by atoms with Gasteiger partial charge in [-0.05, 0) is 77.8 Å². The normalized spacial score (nSPS) is 26.8. The quantitative estimate of drug-likeness (QED) is 0.429. The van der Waals surface area contributed by atoms with Crippen molar-refractivity contribution in [2.45, 2.75) is 55.6 Å². The van der Waals surface area contributed by atoms with Crippen molar-refractivity contribution in [2.24, 2.45) is 10.8 Å². The molecule has 0 unspecified atom stereocenters. The van der Waals surface area contributed by atoms with E-state index in [-0.39, 0.29) is 19.3 Å². The van der Waals surface area contributed by atoms with Crippen LogP contribution in [0.1, 0.15) is 43.2 Å². The molecular weight excluding hydrogens is 490 g/mol. The molecule has 1 heterocycles. The van der Waals surface area contributed by atoms with E-state index in [1.165, 1.54) is 0 Å². The van der Waals surface area contributed by atoms with Crippen molar-refractivity contribution in [3.05, 3.63) is 71.6 Å². The van der Waals surface area contributed by atoms with E-state index in [9.17, 15) is 19.1 Å². The molecule has 2 bridgehead atoms. The van der Waals surface area contributed by atoms with Crippen molar-refractivity contribution in [3.63, 3.8) is 0 Å². The predicted octanol–water partition coefficient (Wildman–Crippen LogP) is 4.28. The number of nitriles is 1. The summed E-state index contributed by atoms with van der Waals surface area (Å²) in [5, 5.41) is 31.0. The summed E-state index contributed by atoms with van der Waals surface area (Å²) in [4.78, 5) is 0. The van der Waals surface area contributed by atoms with E-state index < -0.39 is 51.5 Å². The third kappa shape index (κ3) is 3.45. The highest BCUT2D eigenvalue weighted by Crippen LogP contribution is 2.80. The van der Waals surface area contributed by atoms with Crippen LogP contribution in [0.25, 0.3) is 0 Å². The average molecular weight is 513 g/mol. The van der Waals surface area contributed by atoms with Gasteiger partial charge in [0.2, 0.25) is 0 Å². The molecule has 1 aromatic heterocycles. The van der Waals surface area contributed by atoms with Gasteiger partial charge < -0.3 is 9.84 Å². The van der Waals surface area contributed by atoms with E-state index in [1.54, 1.807) is 12.1 Å². The molecule has 4 saturated carbocycles. The topological polar surface area (TPSA) is 96.8 Å². The third-order valence-corrected chi connectivity index (χ3v) is 8.45. The molecule has 0 aliphatic heterocycles. The lowest BCUT2D eigenvalue weighted by atomic mass is 9.30. The Morgan fingerprint density at radius 1 is 1.08 bits per heavy atom. The number of nitrogens with zero attached hydrogens (tertiary/aromatic N) is 5. The summed E-state index contributed by atoms with van der Waals surface area (Å²) in [6, 6.07) is 11.7. The molecule has 3 aromatic rings. The molecule has 7 rings (SSSR count). The molecule has 0 saturated heterocycles. The SMILES string of the molecule is N#CC1(COc2ccc(C34CC(C(F)(F)[C@@](O)(Cn5cnnn5)c5ccc(F)cc5F)(C3)C4)cc2)CC1. The van der Waals surface area contributed by atoms with Crippen LogP contribution in [-0.2, 0) is 17.6 Å². The van der Waals surface area contributed by atoms with Crippen LogP contribution in [0.4, 0.5) is 17.6 Å². The van der Waals surface area contributed by atoms with Gasteiger partial charge in [0.25, 0.3) is 5.92 Å². The van der Waals surface area contributed by atoms with Gasteiger partial charge in [-0.25, -0.2) is 22.2 Å². The minimum absolute atomic E-state index is 0.103. The zero-order valence-corrected chi connectivity index (χ0v) is 19.7. The smallest absolute Gasteiger partial charge is 0.287 e. The van der Waals surface area contributed by atoms with Crippen LogP contribution in [0.5, 0.6) is 5.75 Å². The number of aromatic nitrogens is 4. The lowest BCUT2D eigenvalue weighted by molar-refractivity contribution is -0.347. The number of halogens is 4. The second-order valence-corrected chi connectivity index (χ2v) is 10.9. The molecule has 0 radical (unpaired) electrons. The first-order valence-corrected chi connectivity index (χ1v) is 12.0. The number of aliphatic hydroxyl groups is 1. The van der Waals surface area contributed by atoms with Crippen LogP contribution in [0, 0.1) is 33.8 Å². The van der Waals surface area contributed by atoms with Gasteiger partial charge in [-0.3, -0.25) is 0 Å². The third-order valence-electron chi connectivity index (χ3n) is 8.45. The van der Waals surface area contributed by atoms with Gasteiger partial charge in [0.15, 0.2) is 5.60 Å². The number of ether oxygens (including phenoxy) is 1. The van der Waals surface area contributed by atoms with E-state index in [2.05, 4.69) is 21.6 Å². The first kappa shape index (κ1) is 23.9. The monoisotopic (exact) mass is 513 g/mol. The highest BCUT2D eigenvalue weighted by atomic mass is 19.3. The van der Waals surface area contributed by atoms with Gasteiger partial charge in [0.05, 0.1) is 18.0 Å². The van der Waals surface area contributed by atoms with Crippen molar-refractivity contribution >= 4 is 0 Å². The number of tetrazole rings is 1. The lowest BCUT2D eigenvalue weighted by Crippen LogP contribution is -2.76. The van der Waals surface area contributed by atoms with E-state index in [4.69, 9.17) is 4.74 Å². The zero-order valence-electron chi connectivity index (χ0n) is 19.7. The summed E-state index contributed by atoms with van der Waals surface area (Å²) in [5.41, 5.74) is -5.26. The Morgan fingerprint density at radius 3 is 2.35 bits per heavy atom. The highest BCUT2D eigenvalue weighted by molar-refractivity contribution is 5.44. The van der Waals surface area contributed by atoms with Crippen LogP contribution in [-0.4, -0.2) is 37.8 Å². The fraction of sp³-hybridized carbons (Fsp3) is 0.462. The lowest BCUT2D eigenvalue weighted by Gasteiger charge is -2.74. The Morgan fingerprint density at radius 2 is 1.78 bits per heavy atom. The van der Waals surface area contributed by atoms with Crippen LogP contribution in [0.3, 0.4) is 0 Å². The molecule has 37 heavy (non-hydrogen) atoms. The summed E-state index contributed by atoms with van der Waals surface area (Å²) in [5.74, 6) is -5.37. The van der Waals surface area contributed by atoms with E-state index in [1.807, 2.05) is 12.1 Å². The van der Waals surface area contributed by atoms with Crippen LogP contribution in [0.2, 0.25) is 0 Å². The maximum Gasteiger partial charge on any atom is 0.287 e. The zero-order chi connectivity index (χ0) is 26.1. The van der Waals surface area contributed by atoms with Gasteiger partial charge in [0, 0.05) is 17.0 Å². The number of hydrogen-bond acceptors (Lipinski definition) is 6. The minimum Gasteiger partial charge on any atom is -0.492 e. The molecule has 0 amide bonds. The first-order valence-electron chi connectivity index (χ1n) is 12.0.